The molecule has 1 aromatic rings. The molecular formula is C7H7NO4S2. The van der Waals surface area contributed by atoms with E-state index in [2.05, 4.69) is 4.98 Å². The molecule has 5 nitrogen and oxygen atoms in total. The summed E-state index contributed by atoms with van der Waals surface area (Å²) in [6.07, 6.45) is 0. The molecule has 0 saturated heterocycles. The van der Waals surface area contributed by atoms with Crippen LogP contribution in [-0.4, -0.2) is 32.4 Å². The van der Waals surface area contributed by atoms with Gasteiger partial charge in [0.15, 0.2) is 10.0 Å². The van der Waals surface area contributed by atoms with Gasteiger partial charge >= 0.3 is 11.9 Å². The lowest BCUT2D eigenvalue weighted by molar-refractivity contribution is -0.136. The van der Waals surface area contributed by atoms with Crippen LogP contribution in [0.25, 0.3) is 0 Å². The fourth-order valence-electron chi connectivity index (χ4n) is 0.611. The Balaban J connectivity index is 2.69. The predicted octanol–water partition coefficient (Wildman–Crippen LogP) is 1.41. The van der Waals surface area contributed by atoms with Gasteiger partial charge in [0, 0.05) is 5.38 Å². The Hall–Kier alpha value is -1.08. The first-order valence-corrected chi connectivity index (χ1v) is 5.35. The summed E-state index contributed by atoms with van der Waals surface area (Å²) < 4.78 is 0.456. The number of aromatic carboxylic acids is 1. The number of hydrogen-bond acceptors (Lipinski definition) is 5. The molecule has 0 aliphatic carbocycles. The van der Waals surface area contributed by atoms with Crippen LogP contribution in [0.3, 0.4) is 0 Å². The molecule has 2 N–H and O–H groups in total. The van der Waals surface area contributed by atoms with Gasteiger partial charge < -0.3 is 10.2 Å². The largest absolute Gasteiger partial charge is 0.480 e. The molecule has 0 amide bonds. The second kappa shape index (κ2) is 4.43. The predicted molar refractivity (Wildman–Crippen MR) is 52.0 cm³/mol. The number of carboxylic acids is 2. The number of carbonyl (C=O) groups is 2. The number of carboxylic acid groups (broad SMARTS) is 2. The Bertz CT molecular complexity index is 362. The van der Waals surface area contributed by atoms with Gasteiger partial charge in [-0.2, -0.15) is 0 Å². The summed E-state index contributed by atoms with van der Waals surface area (Å²) in [5.41, 5.74) is -0.0462. The van der Waals surface area contributed by atoms with Crippen molar-refractivity contribution >= 4 is 35.0 Å². The molecule has 76 valence electrons. The van der Waals surface area contributed by atoms with Gasteiger partial charge in [0.25, 0.3) is 0 Å². The van der Waals surface area contributed by atoms with E-state index in [1.54, 1.807) is 0 Å². The summed E-state index contributed by atoms with van der Waals surface area (Å²) >= 11 is 2.17. The summed E-state index contributed by atoms with van der Waals surface area (Å²) in [6, 6.07) is 0. The van der Waals surface area contributed by atoms with Crippen LogP contribution in [0.1, 0.15) is 17.4 Å². The molecule has 0 saturated carbocycles. The second-order valence-electron chi connectivity index (χ2n) is 2.40. The van der Waals surface area contributed by atoms with Crippen LogP contribution in [0.5, 0.6) is 0 Å². The fraction of sp³-hybridized carbons (Fsp3) is 0.286. The quantitative estimate of drug-likeness (QED) is 0.764. The van der Waals surface area contributed by atoms with E-state index in [-0.39, 0.29) is 5.69 Å². The second-order valence-corrected chi connectivity index (χ2v) is 4.85. The molecular weight excluding hydrogens is 226 g/mol. The lowest BCUT2D eigenvalue weighted by Crippen LogP contribution is -2.10. The molecule has 0 aliphatic heterocycles. The Kier molecular flexibility index (Phi) is 3.48. The van der Waals surface area contributed by atoms with Crippen molar-refractivity contribution < 1.29 is 19.8 Å². The van der Waals surface area contributed by atoms with E-state index in [9.17, 15) is 9.59 Å². The number of hydrogen-bond donors (Lipinski definition) is 2. The summed E-state index contributed by atoms with van der Waals surface area (Å²) in [4.78, 5) is 24.7. The number of thioether (sulfide) groups is 1. The zero-order chi connectivity index (χ0) is 10.7. The van der Waals surface area contributed by atoms with E-state index >= 15 is 0 Å². The lowest BCUT2D eigenvalue weighted by atomic mass is 10.5. The highest BCUT2D eigenvalue weighted by Gasteiger charge is 2.16. The zero-order valence-electron chi connectivity index (χ0n) is 7.13. The molecule has 1 aromatic heterocycles. The van der Waals surface area contributed by atoms with Crippen molar-refractivity contribution in [3.63, 3.8) is 0 Å². The third-order valence-corrected chi connectivity index (χ3v) is 3.39. The number of rotatable bonds is 4. The van der Waals surface area contributed by atoms with Gasteiger partial charge in [-0.25, -0.2) is 9.78 Å². The average molecular weight is 233 g/mol. The third kappa shape index (κ3) is 2.71. The van der Waals surface area contributed by atoms with E-state index in [1.807, 2.05) is 0 Å². The van der Waals surface area contributed by atoms with Crippen molar-refractivity contribution in [2.75, 3.05) is 0 Å². The minimum Gasteiger partial charge on any atom is -0.480 e. The van der Waals surface area contributed by atoms with Crippen LogP contribution in [0, 0.1) is 0 Å². The molecule has 1 unspecified atom stereocenters. The first kappa shape index (κ1) is 11.0. The Morgan fingerprint density at radius 2 is 2.21 bits per heavy atom. The van der Waals surface area contributed by atoms with E-state index in [0.717, 1.165) is 23.1 Å². The van der Waals surface area contributed by atoms with Crippen molar-refractivity contribution in [3.8, 4) is 0 Å². The minimum atomic E-state index is -1.10. The van der Waals surface area contributed by atoms with Gasteiger partial charge in [-0.1, -0.05) is 11.8 Å². The number of thiazole rings is 1. The molecule has 14 heavy (non-hydrogen) atoms. The molecule has 0 aromatic carbocycles. The van der Waals surface area contributed by atoms with Gasteiger partial charge in [-0.3, -0.25) is 4.79 Å². The number of aliphatic carboxylic acids is 1. The van der Waals surface area contributed by atoms with Crippen molar-refractivity contribution in [1.82, 2.24) is 4.98 Å². The van der Waals surface area contributed by atoms with Crippen molar-refractivity contribution in [2.45, 2.75) is 16.5 Å². The molecule has 0 spiro atoms. The Morgan fingerprint density at radius 1 is 1.57 bits per heavy atom. The van der Waals surface area contributed by atoms with Gasteiger partial charge in [0.1, 0.15) is 5.25 Å². The standard InChI is InChI=1S/C7H7NO4S2/c1-3(5(9)10)14-7-8-4(2-13-7)6(11)12/h2-3H,1H3,(H,9,10)(H,11,12). The van der Waals surface area contributed by atoms with Crippen molar-refractivity contribution in [1.29, 1.82) is 0 Å². The average Bonchev–Trinajstić information content (AvgIpc) is 2.52. The van der Waals surface area contributed by atoms with E-state index < -0.39 is 17.2 Å². The highest BCUT2D eigenvalue weighted by Crippen LogP contribution is 2.26. The van der Waals surface area contributed by atoms with Crippen molar-refractivity contribution in [3.05, 3.63) is 11.1 Å². The van der Waals surface area contributed by atoms with Gasteiger partial charge in [0.2, 0.25) is 0 Å². The molecule has 1 rings (SSSR count). The van der Waals surface area contributed by atoms with E-state index in [1.165, 1.54) is 12.3 Å². The van der Waals surface area contributed by atoms with Gasteiger partial charge in [-0.05, 0) is 6.92 Å². The summed E-state index contributed by atoms with van der Waals surface area (Å²) in [7, 11) is 0. The summed E-state index contributed by atoms with van der Waals surface area (Å²) in [5, 5.41) is 17.9. The van der Waals surface area contributed by atoms with Crippen LogP contribution in [0.2, 0.25) is 0 Å². The Labute approximate surface area is 87.8 Å². The maximum atomic E-state index is 10.5. The number of nitrogens with zero attached hydrogens (tertiary/aromatic N) is 1. The van der Waals surface area contributed by atoms with Crippen molar-refractivity contribution in [2.24, 2.45) is 0 Å². The molecule has 0 radical (unpaired) electrons. The monoisotopic (exact) mass is 233 g/mol. The van der Waals surface area contributed by atoms with Crippen LogP contribution in [0.15, 0.2) is 9.72 Å². The van der Waals surface area contributed by atoms with E-state index in [4.69, 9.17) is 10.2 Å². The lowest BCUT2D eigenvalue weighted by Gasteiger charge is -2.00. The first-order valence-electron chi connectivity index (χ1n) is 3.59. The van der Waals surface area contributed by atoms with Crippen LogP contribution < -0.4 is 0 Å². The molecule has 0 fully saturated rings. The molecule has 1 heterocycles. The summed E-state index contributed by atoms with van der Waals surface area (Å²) in [5.74, 6) is -2.04. The highest BCUT2D eigenvalue weighted by atomic mass is 32.2. The van der Waals surface area contributed by atoms with E-state index in [0.29, 0.717) is 4.34 Å². The number of aromatic nitrogens is 1. The summed E-state index contributed by atoms with van der Waals surface area (Å²) in [6.45, 7) is 1.52. The van der Waals surface area contributed by atoms with Crippen LogP contribution in [-0.2, 0) is 4.79 Å². The molecule has 0 bridgehead atoms. The van der Waals surface area contributed by atoms with Gasteiger partial charge in [0.05, 0.1) is 0 Å². The first-order chi connectivity index (χ1) is 6.50. The maximum Gasteiger partial charge on any atom is 0.355 e. The van der Waals surface area contributed by atoms with Crippen LogP contribution in [0.4, 0.5) is 0 Å². The van der Waals surface area contributed by atoms with Gasteiger partial charge in [-0.15, -0.1) is 11.3 Å². The SMILES string of the molecule is CC(Sc1nc(C(=O)O)cs1)C(=O)O. The maximum absolute atomic E-state index is 10.5. The molecule has 1 atom stereocenters. The normalized spacial score (nSPS) is 12.4. The zero-order valence-corrected chi connectivity index (χ0v) is 8.76. The third-order valence-electron chi connectivity index (χ3n) is 1.33. The fourth-order valence-corrected chi connectivity index (χ4v) is 2.48. The highest BCUT2D eigenvalue weighted by molar-refractivity contribution is 8.02. The Morgan fingerprint density at radius 3 is 2.64 bits per heavy atom. The smallest absolute Gasteiger partial charge is 0.355 e. The molecule has 0 aliphatic rings. The minimum absolute atomic E-state index is 0.0462. The topological polar surface area (TPSA) is 87.5 Å². The van der Waals surface area contributed by atoms with Crippen LogP contribution >= 0.6 is 23.1 Å². The molecule has 7 heteroatoms.